The molecule has 1 aromatic heterocycles. The number of nitrogens with zero attached hydrogens (tertiary/aromatic N) is 2. The van der Waals surface area contributed by atoms with Crippen molar-refractivity contribution in [1.82, 2.24) is 15.3 Å². The standard InChI is InChI=1S/C21H21FN4O3/c1-28-15-7-8-17(19(11-15)29-2)26-20-13-24-18(12-25-20)21(27)23-10-9-14-5-3-4-6-16(14)22/h3-8,11-13H,9-10H2,1-2H3,(H,23,27)(H,25,26). The van der Waals surface area contributed by atoms with Crippen LogP contribution in [0.4, 0.5) is 15.9 Å². The quantitative estimate of drug-likeness (QED) is 0.607. The molecule has 1 heterocycles. The first-order valence-corrected chi connectivity index (χ1v) is 8.93. The summed E-state index contributed by atoms with van der Waals surface area (Å²) in [5.74, 6) is 1.05. The Morgan fingerprint density at radius 3 is 2.59 bits per heavy atom. The van der Waals surface area contributed by atoms with Crippen LogP contribution in [0.25, 0.3) is 0 Å². The van der Waals surface area contributed by atoms with Crippen LogP contribution in [-0.4, -0.2) is 36.6 Å². The van der Waals surface area contributed by atoms with Crippen LogP contribution in [0.5, 0.6) is 11.5 Å². The number of hydrogen-bond donors (Lipinski definition) is 2. The van der Waals surface area contributed by atoms with Crippen molar-refractivity contribution < 1.29 is 18.7 Å². The highest BCUT2D eigenvalue weighted by molar-refractivity contribution is 5.92. The number of hydrogen-bond acceptors (Lipinski definition) is 6. The van der Waals surface area contributed by atoms with E-state index in [1.165, 1.54) is 18.5 Å². The molecular formula is C21H21FN4O3. The predicted octanol–water partition coefficient (Wildman–Crippen LogP) is 3.35. The van der Waals surface area contributed by atoms with E-state index >= 15 is 0 Å². The van der Waals surface area contributed by atoms with E-state index in [0.29, 0.717) is 41.5 Å². The summed E-state index contributed by atoms with van der Waals surface area (Å²) in [6, 6.07) is 11.8. The number of rotatable bonds is 8. The summed E-state index contributed by atoms with van der Waals surface area (Å²) in [5.41, 5.74) is 1.40. The molecule has 2 N–H and O–H groups in total. The second-order valence-corrected chi connectivity index (χ2v) is 6.08. The molecule has 0 spiro atoms. The number of aromatic nitrogens is 2. The van der Waals surface area contributed by atoms with E-state index in [2.05, 4.69) is 20.6 Å². The minimum absolute atomic E-state index is 0.172. The van der Waals surface area contributed by atoms with Crippen LogP contribution in [0.15, 0.2) is 54.9 Å². The summed E-state index contributed by atoms with van der Waals surface area (Å²) in [7, 11) is 3.13. The van der Waals surface area contributed by atoms with Crippen molar-refractivity contribution in [2.75, 3.05) is 26.1 Å². The van der Waals surface area contributed by atoms with Gasteiger partial charge in [0.25, 0.3) is 5.91 Å². The molecule has 0 atom stereocenters. The lowest BCUT2D eigenvalue weighted by Gasteiger charge is -2.12. The minimum atomic E-state index is -0.373. The molecule has 0 aliphatic carbocycles. The van der Waals surface area contributed by atoms with Crippen LogP contribution >= 0.6 is 0 Å². The molecule has 0 saturated carbocycles. The van der Waals surface area contributed by atoms with Gasteiger partial charge < -0.3 is 20.1 Å². The van der Waals surface area contributed by atoms with E-state index in [0.717, 1.165) is 0 Å². The van der Waals surface area contributed by atoms with Crippen molar-refractivity contribution in [2.24, 2.45) is 0 Å². The highest BCUT2D eigenvalue weighted by atomic mass is 19.1. The summed E-state index contributed by atoms with van der Waals surface area (Å²) >= 11 is 0. The third-order valence-electron chi connectivity index (χ3n) is 4.19. The number of ether oxygens (including phenoxy) is 2. The molecule has 7 nitrogen and oxygen atoms in total. The average Bonchev–Trinajstić information content (AvgIpc) is 2.75. The number of anilines is 2. The molecule has 0 aliphatic heterocycles. The summed E-state index contributed by atoms with van der Waals surface area (Å²) < 4.78 is 24.1. The molecule has 0 fully saturated rings. The molecular weight excluding hydrogens is 375 g/mol. The van der Waals surface area contributed by atoms with Gasteiger partial charge in [-0.3, -0.25) is 4.79 Å². The van der Waals surface area contributed by atoms with Crippen molar-refractivity contribution in [3.05, 3.63) is 71.9 Å². The van der Waals surface area contributed by atoms with Gasteiger partial charge in [-0.05, 0) is 30.2 Å². The molecule has 3 aromatic rings. The van der Waals surface area contributed by atoms with Crippen molar-refractivity contribution >= 4 is 17.4 Å². The molecule has 0 bridgehead atoms. The Morgan fingerprint density at radius 2 is 1.90 bits per heavy atom. The van der Waals surface area contributed by atoms with Gasteiger partial charge in [0.05, 0.1) is 32.3 Å². The zero-order valence-electron chi connectivity index (χ0n) is 16.1. The maximum atomic E-state index is 13.6. The molecule has 8 heteroatoms. The van der Waals surface area contributed by atoms with Gasteiger partial charge in [0.1, 0.15) is 28.8 Å². The minimum Gasteiger partial charge on any atom is -0.497 e. The zero-order chi connectivity index (χ0) is 20.6. The fraction of sp³-hybridized carbons (Fsp3) is 0.190. The van der Waals surface area contributed by atoms with Crippen LogP contribution in [0.3, 0.4) is 0 Å². The van der Waals surface area contributed by atoms with E-state index in [9.17, 15) is 9.18 Å². The molecule has 0 radical (unpaired) electrons. The maximum Gasteiger partial charge on any atom is 0.271 e. The Morgan fingerprint density at radius 1 is 1.07 bits per heavy atom. The van der Waals surface area contributed by atoms with Crippen molar-refractivity contribution in [1.29, 1.82) is 0 Å². The highest BCUT2D eigenvalue weighted by Crippen LogP contribution is 2.30. The topological polar surface area (TPSA) is 85.4 Å². The number of benzene rings is 2. The monoisotopic (exact) mass is 396 g/mol. The Bertz CT molecular complexity index is 980. The molecule has 29 heavy (non-hydrogen) atoms. The molecule has 3 rings (SSSR count). The first-order valence-electron chi connectivity index (χ1n) is 8.93. The second-order valence-electron chi connectivity index (χ2n) is 6.08. The molecule has 1 amide bonds. The summed E-state index contributed by atoms with van der Waals surface area (Å²) in [6.07, 6.45) is 3.22. The van der Waals surface area contributed by atoms with E-state index < -0.39 is 0 Å². The normalized spacial score (nSPS) is 10.3. The Kier molecular flexibility index (Phi) is 6.57. The number of nitrogens with one attached hydrogen (secondary N) is 2. The fourth-order valence-electron chi connectivity index (χ4n) is 2.65. The van der Waals surface area contributed by atoms with Crippen molar-refractivity contribution in [2.45, 2.75) is 6.42 Å². The van der Waals surface area contributed by atoms with E-state index in [1.54, 1.807) is 50.6 Å². The van der Waals surface area contributed by atoms with Crippen LogP contribution in [0, 0.1) is 5.82 Å². The highest BCUT2D eigenvalue weighted by Gasteiger charge is 2.10. The summed E-state index contributed by atoms with van der Waals surface area (Å²) in [6.45, 7) is 0.296. The summed E-state index contributed by atoms with van der Waals surface area (Å²) in [4.78, 5) is 20.5. The second kappa shape index (κ2) is 9.50. The number of methoxy groups -OCH3 is 2. The largest absolute Gasteiger partial charge is 0.497 e. The molecule has 2 aromatic carbocycles. The lowest BCUT2D eigenvalue weighted by molar-refractivity contribution is 0.0948. The Labute approximate surface area is 167 Å². The van der Waals surface area contributed by atoms with Crippen molar-refractivity contribution in [3.63, 3.8) is 0 Å². The van der Waals surface area contributed by atoms with Crippen LogP contribution in [-0.2, 0) is 6.42 Å². The lowest BCUT2D eigenvalue weighted by Crippen LogP contribution is -2.26. The Balaban J connectivity index is 1.58. The van der Waals surface area contributed by atoms with E-state index in [1.807, 2.05) is 0 Å². The van der Waals surface area contributed by atoms with Gasteiger partial charge in [-0.15, -0.1) is 0 Å². The van der Waals surface area contributed by atoms with Gasteiger partial charge in [-0.1, -0.05) is 18.2 Å². The fourth-order valence-corrected chi connectivity index (χ4v) is 2.65. The van der Waals surface area contributed by atoms with Gasteiger partial charge in [-0.25, -0.2) is 14.4 Å². The van der Waals surface area contributed by atoms with Crippen LogP contribution in [0.2, 0.25) is 0 Å². The van der Waals surface area contributed by atoms with E-state index in [4.69, 9.17) is 9.47 Å². The van der Waals surface area contributed by atoms with Crippen molar-refractivity contribution in [3.8, 4) is 11.5 Å². The predicted molar refractivity (Wildman–Crippen MR) is 107 cm³/mol. The van der Waals surface area contributed by atoms with E-state index in [-0.39, 0.29) is 17.4 Å². The number of carbonyl (C=O) groups excluding carboxylic acids is 1. The third-order valence-corrected chi connectivity index (χ3v) is 4.19. The first-order chi connectivity index (χ1) is 14.1. The van der Waals surface area contributed by atoms with Gasteiger partial charge in [0.2, 0.25) is 0 Å². The zero-order valence-corrected chi connectivity index (χ0v) is 16.1. The van der Waals surface area contributed by atoms with Gasteiger partial charge in [0, 0.05) is 12.6 Å². The number of carbonyl (C=O) groups is 1. The SMILES string of the molecule is COc1ccc(Nc2cnc(C(=O)NCCc3ccccc3F)cn2)c(OC)c1. The molecule has 0 unspecified atom stereocenters. The average molecular weight is 396 g/mol. The number of amides is 1. The molecule has 150 valence electrons. The molecule has 0 aliphatic rings. The van der Waals surface area contributed by atoms with Crippen LogP contribution in [0.1, 0.15) is 16.1 Å². The smallest absolute Gasteiger partial charge is 0.271 e. The molecule has 0 saturated heterocycles. The maximum absolute atomic E-state index is 13.6. The Hall–Kier alpha value is -3.68. The lowest BCUT2D eigenvalue weighted by atomic mass is 10.1. The third kappa shape index (κ3) is 5.19. The van der Waals surface area contributed by atoms with Gasteiger partial charge in [0.15, 0.2) is 0 Å². The first kappa shape index (κ1) is 20.1. The van der Waals surface area contributed by atoms with Gasteiger partial charge >= 0.3 is 0 Å². The van der Waals surface area contributed by atoms with Gasteiger partial charge in [-0.2, -0.15) is 0 Å². The number of halogens is 1. The summed E-state index contributed by atoms with van der Waals surface area (Å²) in [5, 5.41) is 5.80. The van der Waals surface area contributed by atoms with Crippen LogP contribution < -0.4 is 20.1 Å².